The summed E-state index contributed by atoms with van der Waals surface area (Å²) in [6.45, 7) is 0.833. The van der Waals surface area contributed by atoms with E-state index in [1.54, 1.807) is 0 Å². The van der Waals surface area contributed by atoms with Gasteiger partial charge >= 0.3 is 60.8 Å². The molecule has 0 aliphatic carbocycles. The van der Waals surface area contributed by atoms with Crippen LogP contribution in [0.4, 0.5) is 0 Å². The number of carbonyl (C=O) groups is 2. The zero-order valence-electron chi connectivity index (χ0n) is 3.79. The van der Waals surface area contributed by atoms with E-state index < -0.39 is 5.97 Å². The van der Waals surface area contributed by atoms with Crippen molar-refractivity contribution in [2.75, 3.05) is 0 Å². The van der Waals surface area contributed by atoms with E-state index in [-0.39, 0.29) is 67.3 Å². The number of hydrogen-bond acceptors (Lipinski definition) is 2. The molecule has 0 atom stereocenters. The molecular weight excluding hydrogens is 164 g/mol. The Morgan fingerprint density at radius 1 is 1.56 bits per heavy atom. The maximum atomic E-state index is 9.00. The molecule has 0 spiro atoms. The maximum Gasteiger partial charge on any atom is 0.316 e. The smallest absolute Gasteiger partial charge is 0.316 e. The summed E-state index contributed by atoms with van der Waals surface area (Å²) in [6, 6.07) is 0. The maximum absolute atomic E-state index is 9.00. The molecule has 4 nitrogen and oxygen atoms in total. The Morgan fingerprint density at radius 2 is 1.56 bits per heavy atom. The molecule has 0 aromatic carbocycles. The largest absolute Gasteiger partial charge is 0.316 e. The van der Waals surface area contributed by atoms with E-state index in [4.69, 9.17) is 19.8 Å². The third-order valence-electron chi connectivity index (χ3n) is 0. The fourth-order valence-corrected chi connectivity index (χ4v) is 0. The summed E-state index contributed by atoms with van der Waals surface area (Å²) < 4.78 is 0. The Balaban J connectivity index is -0.0000000233. The van der Waals surface area contributed by atoms with Gasteiger partial charge < -0.3 is 10.2 Å². The molecule has 0 aliphatic rings. The molecule has 0 radical (unpaired) electrons. The summed E-state index contributed by atoms with van der Waals surface area (Å²) in [7, 11) is 0. The molecule has 0 unspecified atom stereocenters. The summed E-state index contributed by atoms with van der Waals surface area (Å²) in [4.78, 5) is 17.4. The third-order valence-corrected chi connectivity index (χ3v) is 0. The molecule has 0 bridgehead atoms. The Morgan fingerprint density at radius 3 is 1.56 bits per heavy atom. The first-order valence-corrected chi connectivity index (χ1v) is 1.42. The van der Waals surface area contributed by atoms with Crippen LogP contribution < -0.4 is 0 Å². The molecule has 0 saturated carbocycles. The topological polar surface area (TPSA) is 74.6 Å². The molecule has 0 rings (SSSR count). The molecule has 0 saturated heterocycles. The molecule has 0 aliphatic heterocycles. The van der Waals surface area contributed by atoms with Gasteiger partial charge in [0.1, 0.15) is 0 Å². The van der Waals surface area contributed by atoms with E-state index in [1.165, 1.54) is 0 Å². The van der Waals surface area contributed by atoms with Gasteiger partial charge in [0.05, 0.1) is 0 Å². The minimum absolute atomic E-state index is 0. The van der Waals surface area contributed by atoms with E-state index in [0.717, 1.165) is 6.92 Å². The van der Waals surface area contributed by atoms with E-state index in [0.29, 0.717) is 0 Å². The quantitative estimate of drug-likeness (QED) is 0.328. The number of carboxylic acids is 1. The van der Waals surface area contributed by atoms with Crippen LogP contribution in [0.15, 0.2) is 0 Å². The summed E-state index contributed by atoms with van der Waals surface area (Å²) >= 11 is 0. The monoisotopic (exact) mass is 174 g/mol. The van der Waals surface area contributed by atoms with Crippen molar-refractivity contribution >= 4 is 73.2 Å². The van der Waals surface area contributed by atoms with Crippen LogP contribution in [0.25, 0.3) is 0 Å². The zero-order valence-corrected chi connectivity index (χ0v) is 3.79. The molecule has 0 fully saturated rings. The second kappa shape index (κ2) is 23.1. The van der Waals surface area contributed by atoms with Crippen molar-refractivity contribution in [3.05, 3.63) is 0 Å². The summed E-state index contributed by atoms with van der Waals surface area (Å²) in [5, 5.41) is 14.3. The van der Waals surface area contributed by atoms with E-state index >= 15 is 0 Å². The van der Waals surface area contributed by atoms with Crippen molar-refractivity contribution in [2.45, 2.75) is 6.92 Å². The van der Waals surface area contributed by atoms with E-state index in [1.807, 2.05) is 0 Å². The van der Waals surface area contributed by atoms with Gasteiger partial charge in [-0.3, -0.25) is 9.59 Å². The summed E-state index contributed by atoms with van der Waals surface area (Å²) in [5.74, 6) is -0.833. The Kier molecular flexibility index (Phi) is 57.7. The standard InChI is InChI=1S/C2H4O2.CH2O2.Ca.Mg.4H/c1-2(3)4;2-1-3;;;;;;/h1H3,(H,3,4);1H,(H,2,3);;;;;;. The van der Waals surface area contributed by atoms with Crippen molar-refractivity contribution in [3.63, 3.8) is 0 Å². The van der Waals surface area contributed by atoms with Crippen molar-refractivity contribution in [3.8, 4) is 0 Å². The summed E-state index contributed by atoms with van der Waals surface area (Å²) in [6.07, 6.45) is 0. The predicted molar refractivity (Wildman–Crippen MR) is 39.1 cm³/mol. The van der Waals surface area contributed by atoms with Gasteiger partial charge in [-0.25, -0.2) is 0 Å². The van der Waals surface area contributed by atoms with Crippen LogP contribution in [0, 0.1) is 0 Å². The number of rotatable bonds is 0. The van der Waals surface area contributed by atoms with Crippen LogP contribution in [-0.2, 0) is 9.59 Å². The van der Waals surface area contributed by atoms with Gasteiger partial charge in [-0.15, -0.1) is 0 Å². The van der Waals surface area contributed by atoms with Crippen LogP contribution >= 0.6 is 0 Å². The van der Waals surface area contributed by atoms with E-state index in [9.17, 15) is 0 Å². The molecule has 0 heterocycles. The van der Waals surface area contributed by atoms with Gasteiger partial charge in [0, 0.05) is 6.92 Å². The van der Waals surface area contributed by atoms with Crippen molar-refractivity contribution in [2.24, 2.45) is 0 Å². The minimum Gasteiger partial charge on any atom is 0.316 e. The summed E-state index contributed by atoms with van der Waals surface area (Å²) in [5.41, 5.74) is 0. The number of hydrogen-bond donors (Lipinski definition) is 2. The Bertz CT molecular complexity index is 62.8. The average Bonchev–Trinajstić information content (AvgIpc) is 1.33. The predicted octanol–water partition coefficient (Wildman–Crippen LogP) is -2.04. The minimum atomic E-state index is -0.833. The fourth-order valence-electron chi connectivity index (χ4n) is 0. The van der Waals surface area contributed by atoms with Crippen LogP contribution in [0.3, 0.4) is 0 Å². The number of aliphatic carboxylic acids is 1. The van der Waals surface area contributed by atoms with Gasteiger partial charge in [0.15, 0.2) is 0 Å². The van der Waals surface area contributed by atoms with Crippen LogP contribution in [0.2, 0.25) is 0 Å². The molecule has 0 aromatic heterocycles. The van der Waals surface area contributed by atoms with Crippen molar-refractivity contribution in [1.82, 2.24) is 0 Å². The second-order valence-electron chi connectivity index (χ2n) is 0.624. The molecule has 50 valence electrons. The Labute approximate surface area is 98.8 Å². The first-order chi connectivity index (χ1) is 3.15. The van der Waals surface area contributed by atoms with Crippen LogP contribution in [0.5, 0.6) is 0 Å². The molecule has 9 heavy (non-hydrogen) atoms. The first kappa shape index (κ1) is 22.5. The molecule has 0 aromatic rings. The Hall–Kier alpha value is 0.966. The van der Waals surface area contributed by atoms with Gasteiger partial charge in [0.25, 0.3) is 12.4 Å². The molecule has 2 N–H and O–H groups in total. The van der Waals surface area contributed by atoms with Gasteiger partial charge in [0.2, 0.25) is 0 Å². The normalized spacial score (nSPS) is 4.11. The van der Waals surface area contributed by atoms with E-state index in [2.05, 4.69) is 0 Å². The molecule has 6 heteroatoms. The van der Waals surface area contributed by atoms with Crippen molar-refractivity contribution in [1.29, 1.82) is 0 Å². The fraction of sp³-hybridized carbons (Fsp3) is 0.333. The second-order valence-corrected chi connectivity index (χ2v) is 0.624. The van der Waals surface area contributed by atoms with Gasteiger partial charge in [-0.2, -0.15) is 0 Å². The van der Waals surface area contributed by atoms with Crippen molar-refractivity contribution < 1.29 is 19.8 Å². The first-order valence-electron chi connectivity index (χ1n) is 1.42. The third kappa shape index (κ3) is 466. The number of carboxylic acid groups (broad SMARTS) is 2. The van der Waals surface area contributed by atoms with Gasteiger partial charge in [-0.1, -0.05) is 0 Å². The van der Waals surface area contributed by atoms with Crippen LogP contribution in [0.1, 0.15) is 6.92 Å². The van der Waals surface area contributed by atoms with Crippen LogP contribution in [-0.4, -0.2) is 83.4 Å². The average molecular weight is 174 g/mol. The SMILES string of the molecule is CC(=O)O.O=CO.[CaH2].[MgH2]. The molecule has 0 amide bonds. The zero-order chi connectivity index (χ0) is 6.28. The molecular formula is C3H10CaMgO4. The van der Waals surface area contributed by atoms with Gasteiger partial charge in [-0.05, 0) is 0 Å².